The van der Waals surface area contributed by atoms with Crippen LogP contribution in [0.3, 0.4) is 0 Å². The van der Waals surface area contributed by atoms with Crippen LogP contribution in [0.5, 0.6) is 17.2 Å². The van der Waals surface area contributed by atoms with Gasteiger partial charge in [-0.1, -0.05) is 26.8 Å². The monoisotopic (exact) mass is 541 g/mol. The molecule has 38 heavy (non-hydrogen) atoms. The quantitative estimate of drug-likeness (QED) is 0.155. The summed E-state index contributed by atoms with van der Waals surface area (Å²) >= 11 is 0. The van der Waals surface area contributed by atoms with Crippen molar-refractivity contribution in [2.45, 2.75) is 70.1 Å². The molecule has 206 valence electrons. The lowest BCUT2D eigenvalue weighted by Crippen LogP contribution is -2.47. The van der Waals surface area contributed by atoms with Gasteiger partial charge in [-0.3, -0.25) is 14.9 Å². The van der Waals surface area contributed by atoms with Gasteiger partial charge in [-0.15, -0.1) is 0 Å². The first-order valence-corrected chi connectivity index (χ1v) is 16.2. The number of carbonyl (C=O) groups is 1. The molecule has 0 saturated heterocycles. The SMILES string of the molecule is COc1ccc(C(=O)C[C@H]2CC[C@H](CO[Si](C)(C)C(C)(C)C)[C@@H](c3ccc4c(c3)OCO4)[C@@H]2[N+](=O)[O-])cc1. The average Bonchev–Trinajstić information content (AvgIpc) is 3.34. The van der Waals surface area contributed by atoms with Crippen molar-refractivity contribution in [3.05, 3.63) is 63.7 Å². The zero-order valence-corrected chi connectivity index (χ0v) is 24.2. The molecule has 1 fully saturated rings. The number of carbonyl (C=O) groups excluding carboxylic acids is 1. The number of nitro groups is 1. The first kappa shape index (κ1) is 28.1. The fourth-order valence-corrected chi connectivity index (χ4v) is 6.38. The van der Waals surface area contributed by atoms with E-state index in [1.54, 1.807) is 31.4 Å². The van der Waals surface area contributed by atoms with Crippen molar-refractivity contribution in [1.29, 1.82) is 0 Å². The number of ketones is 1. The van der Waals surface area contributed by atoms with Crippen molar-refractivity contribution in [3.63, 3.8) is 0 Å². The number of nitrogens with zero attached hydrogens (tertiary/aromatic N) is 1. The average molecular weight is 542 g/mol. The van der Waals surface area contributed by atoms with E-state index in [4.69, 9.17) is 18.6 Å². The fraction of sp³-hybridized carbons (Fsp3) is 0.552. The van der Waals surface area contributed by atoms with Crippen molar-refractivity contribution in [2.75, 3.05) is 20.5 Å². The molecule has 0 unspecified atom stereocenters. The van der Waals surface area contributed by atoms with E-state index in [-0.39, 0.29) is 40.8 Å². The van der Waals surface area contributed by atoms with Crippen LogP contribution >= 0.6 is 0 Å². The molecule has 4 atom stereocenters. The molecule has 0 aromatic heterocycles. The highest BCUT2D eigenvalue weighted by molar-refractivity contribution is 6.74. The minimum absolute atomic E-state index is 0.0335. The smallest absolute Gasteiger partial charge is 0.231 e. The van der Waals surface area contributed by atoms with E-state index in [1.807, 2.05) is 18.2 Å². The molecular weight excluding hydrogens is 502 g/mol. The molecule has 0 N–H and O–H groups in total. The van der Waals surface area contributed by atoms with Gasteiger partial charge < -0.3 is 18.6 Å². The summed E-state index contributed by atoms with van der Waals surface area (Å²) in [6.07, 6.45) is 1.47. The molecule has 0 spiro atoms. The number of hydrogen-bond acceptors (Lipinski definition) is 7. The van der Waals surface area contributed by atoms with Gasteiger partial charge in [0.05, 0.1) is 13.0 Å². The molecule has 0 amide bonds. The van der Waals surface area contributed by atoms with Crippen LogP contribution in [-0.2, 0) is 4.43 Å². The Labute approximate surface area is 225 Å². The molecular formula is C29H39NO7Si. The maximum absolute atomic E-state index is 13.2. The molecule has 1 saturated carbocycles. The molecule has 4 rings (SSSR count). The van der Waals surface area contributed by atoms with Crippen molar-refractivity contribution < 1.29 is 28.4 Å². The van der Waals surface area contributed by atoms with E-state index in [1.165, 1.54) is 0 Å². The van der Waals surface area contributed by atoms with Gasteiger partial charge in [-0.05, 0) is 78.9 Å². The topological polar surface area (TPSA) is 97.1 Å². The van der Waals surface area contributed by atoms with Crippen LogP contribution in [0.25, 0.3) is 0 Å². The van der Waals surface area contributed by atoms with Gasteiger partial charge >= 0.3 is 0 Å². The molecule has 2 aromatic rings. The Kier molecular flexibility index (Phi) is 8.18. The van der Waals surface area contributed by atoms with Gasteiger partial charge in [0.25, 0.3) is 0 Å². The summed E-state index contributed by atoms with van der Waals surface area (Å²) in [4.78, 5) is 25.7. The molecule has 0 bridgehead atoms. The summed E-state index contributed by atoms with van der Waals surface area (Å²) < 4.78 is 22.9. The Balaban J connectivity index is 1.63. The third-order valence-corrected chi connectivity index (χ3v) is 13.1. The van der Waals surface area contributed by atoms with Crippen molar-refractivity contribution >= 4 is 14.1 Å². The summed E-state index contributed by atoms with van der Waals surface area (Å²) in [6.45, 7) is 11.6. The van der Waals surface area contributed by atoms with E-state index in [9.17, 15) is 14.9 Å². The zero-order valence-electron chi connectivity index (χ0n) is 23.2. The number of hydrogen-bond donors (Lipinski definition) is 0. The van der Waals surface area contributed by atoms with Crippen LogP contribution < -0.4 is 14.2 Å². The van der Waals surface area contributed by atoms with Crippen molar-refractivity contribution in [1.82, 2.24) is 0 Å². The van der Waals surface area contributed by atoms with E-state index in [2.05, 4.69) is 33.9 Å². The van der Waals surface area contributed by atoms with E-state index in [0.29, 0.717) is 35.8 Å². The lowest BCUT2D eigenvalue weighted by molar-refractivity contribution is -0.541. The van der Waals surface area contributed by atoms with Crippen LogP contribution in [0.4, 0.5) is 0 Å². The van der Waals surface area contributed by atoms with Gasteiger partial charge in [0.1, 0.15) is 5.75 Å². The van der Waals surface area contributed by atoms with E-state index >= 15 is 0 Å². The third-order valence-electron chi connectivity index (χ3n) is 8.62. The Bertz CT molecular complexity index is 1160. The summed E-state index contributed by atoms with van der Waals surface area (Å²) in [7, 11) is -0.488. The number of benzene rings is 2. The second-order valence-electron chi connectivity index (χ2n) is 11.9. The summed E-state index contributed by atoms with van der Waals surface area (Å²) in [5, 5.41) is 12.7. The van der Waals surface area contributed by atoms with Crippen molar-refractivity contribution in [3.8, 4) is 17.2 Å². The first-order valence-electron chi connectivity index (χ1n) is 13.3. The summed E-state index contributed by atoms with van der Waals surface area (Å²) in [5.74, 6) is 0.963. The van der Waals surface area contributed by atoms with Crippen LogP contribution in [-0.4, -0.2) is 45.6 Å². The van der Waals surface area contributed by atoms with Gasteiger partial charge in [0.15, 0.2) is 25.6 Å². The Morgan fingerprint density at radius 2 is 1.71 bits per heavy atom. The predicted molar refractivity (Wildman–Crippen MR) is 147 cm³/mol. The van der Waals surface area contributed by atoms with Gasteiger partial charge in [0, 0.05) is 29.4 Å². The minimum Gasteiger partial charge on any atom is -0.497 e. The lowest BCUT2D eigenvalue weighted by atomic mass is 9.66. The fourth-order valence-electron chi connectivity index (χ4n) is 5.32. The van der Waals surface area contributed by atoms with Crippen LogP contribution in [0.1, 0.15) is 61.9 Å². The van der Waals surface area contributed by atoms with Gasteiger partial charge in [-0.25, -0.2) is 0 Å². The van der Waals surface area contributed by atoms with Crippen LogP contribution in [0, 0.1) is 22.0 Å². The zero-order chi connectivity index (χ0) is 27.7. The molecule has 0 radical (unpaired) electrons. The van der Waals surface area contributed by atoms with Crippen molar-refractivity contribution in [2.24, 2.45) is 11.8 Å². The number of methoxy groups -OCH3 is 1. The third kappa shape index (κ3) is 5.88. The number of fused-ring (bicyclic) bond motifs is 1. The molecule has 2 aromatic carbocycles. The highest BCUT2D eigenvalue weighted by Gasteiger charge is 2.49. The van der Waals surface area contributed by atoms with E-state index < -0.39 is 20.3 Å². The van der Waals surface area contributed by atoms with E-state index in [0.717, 1.165) is 12.0 Å². The second kappa shape index (κ2) is 11.1. The van der Waals surface area contributed by atoms with Gasteiger partial charge in [-0.2, -0.15) is 0 Å². The van der Waals surface area contributed by atoms with Gasteiger partial charge in [0.2, 0.25) is 12.8 Å². The molecule has 1 aliphatic heterocycles. The summed E-state index contributed by atoms with van der Waals surface area (Å²) in [6, 6.07) is 11.6. The number of ether oxygens (including phenoxy) is 3. The highest BCUT2D eigenvalue weighted by Crippen LogP contribution is 2.47. The lowest BCUT2D eigenvalue weighted by Gasteiger charge is -2.42. The maximum atomic E-state index is 13.2. The second-order valence-corrected chi connectivity index (χ2v) is 16.7. The molecule has 1 aliphatic carbocycles. The molecule has 2 aliphatic rings. The van der Waals surface area contributed by atoms with Crippen LogP contribution in [0.2, 0.25) is 18.1 Å². The standard InChI is InChI=1S/C29H39NO7Si/c1-29(2,3)38(5,6)37-17-22-8-7-21(15-24(31)19-9-12-23(34-4)13-10-19)28(30(32)33)27(22)20-11-14-25-26(16-20)36-18-35-25/h9-14,16,21-22,27-28H,7-8,15,17-18H2,1-6H3/t21-,22-,27-,28-/m1/s1. The number of rotatable bonds is 9. The minimum atomic E-state index is -2.06. The Hall–Kier alpha value is -2.91. The van der Waals surface area contributed by atoms with Crippen LogP contribution in [0.15, 0.2) is 42.5 Å². The predicted octanol–water partition coefficient (Wildman–Crippen LogP) is 6.47. The molecule has 8 nitrogen and oxygen atoms in total. The molecule has 1 heterocycles. The highest BCUT2D eigenvalue weighted by atomic mass is 28.4. The Morgan fingerprint density at radius 3 is 2.34 bits per heavy atom. The molecule has 9 heteroatoms. The largest absolute Gasteiger partial charge is 0.497 e. The summed E-state index contributed by atoms with van der Waals surface area (Å²) in [5.41, 5.74) is 1.37. The first-order chi connectivity index (χ1) is 17.9. The normalized spacial score (nSPS) is 23.2. The Morgan fingerprint density at radius 1 is 1.05 bits per heavy atom. The maximum Gasteiger partial charge on any atom is 0.231 e. The number of Topliss-reactive ketones (excluding diaryl/α,β-unsaturated/α-hetero) is 1.